The third-order valence-corrected chi connectivity index (χ3v) is 5.68. The quantitative estimate of drug-likeness (QED) is 0.231. The number of amides is 1. The van der Waals surface area contributed by atoms with Gasteiger partial charge in [-0.15, -0.1) is 0 Å². The number of hydrogen-bond donors (Lipinski definition) is 1. The summed E-state index contributed by atoms with van der Waals surface area (Å²) in [6, 6.07) is 16.4. The van der Waals surface area contributed by atoms with Crippen molar-refractivity contribution >= 4 is 34.5 Å². The van der Waals surface area contributed by atoms with Gasteiger partial charge in [-0.2, -0.15) is 5.26 Å². The Hall–Kier alpha value is -3.64. The number of nitrogens with zero attached hydrogens (tertiary/aromatic N) is 3. The van der Waals surface area contributed by atoms with Crippen molar-refractivity contribution in [2.45, 2.75) is 24.5 Å². The van der Waals surface area contributed by atoms with Gasteiger partial charge < -0.3 is 10.1 Å². The first-order chi connectivity index (χ1) is 15.5. The van der Waals surface area contributed by atoms with E-state index in [1.54, 1.807) is 10.6 Å². The molecule has 1 heterocycles. The third kappa shape index (κ3) is 5.74. The van der Waals surface area contributed by atoms with Crippen molar-refractivity contribution < 1.29 is 14.3 Å². The first kappa shape index (κ1) is 23.0. The number of thioether (sulfide) groups is 1. The largest absolute Gasteiger partial charge is 0.465 e. The summed E-state index contributed by atoms with van der Waals surface area (Å²) in [5.41, 5.74) is 1.49. The molecule has 0 saturated heterocycles. The van der Waals surface area contributed by atoms with Crippen LogP contribution in [0.3, 0.4) is 0 Å². The van der Waals surface area contributed by atoms with E-state index in [0.29, 0.717) is 34.6 Å². The van der Waals surface area contributed by atoms with E-state index in [9.17, 15) is 14.4 Å². The Morgan fingerprint density at radius 1 is 1.22 bits per heavy atom. The van der Waals surface area contributed by atoms with Crippen LogP contribution in [0.5, 0.6) is 0 Å². The van der Waals surface area contributed by atoms with E-state index in [4.69, 9.17) is 10.00 Å². The molecule has 0 aliphatic carbocycles. The van der Waals surface area contributed by atoms with Crippen LogP contribution in [-0.4, -0.2) is 40.8 Å². The highest BCUT2D eigenvalue weighted by Gasteiger charge is 2.15. The molecular weight excluding hydrogens is 428 g/mol. The lowest BCUT2D eigenvalue weighted by Crippen LogP contribution is -2.28. The highest BCUT2D eigenvalue weighted by molar-refractivity contribution is 7.99. The molecule has 0 atom stereocenters. The minimum absolute atomic E-state index is 0.0470. The number of nitrogens with one attached hydrogen (secondary N) is 1. The third-order valence-electron chi connectivity index (χ3n) is 4.70. The molecule has 9 heteroatoms. The number of carbonyl (C=O) groups is 2. The normalized spacial score (nSPS) is 10.5. The summed E-state index contributed by atoms with van der Waals surface area (Å²) in [5, 5.41) is 12.0. The van der Waals surface area contributed by atoms with Gasteiger partial charge in [0.2, 0.25) is 5.91 Å². The van der Waals surface area contributed by atoms with E-state index < -0.39 is 5.97 Å². The van der Waals surface area contributed by atoms with Crippen LogP contribution in [0.25, 0.3) is 10.9 Å². The van der Waals surface area contributed by atoms with Crippen molar-refractivity contribution in [1.29, 1.82) is 5.26 Å². The molecule has 1 N–H and O–H groups in total. The van der Waals surface area contributed by atoms with E-state index in [2.05, 4.69) is 10.3 Å². The number of benzene rings is 2. The zero-order valence-corrected chi connectivity index (χ0v) is 18.4. The maximum absolute atomic E-state index is 13.2. The second-order valence-corrected chi connectivity index (χ2v) is 7.80. The van der Waals surface area contributed by atoms with Crippen LogP contribution in [0.1, 0.15) is 22.3 Å². The average molecular weight is 451 g/mol. The first-order valence-electron chi connectivity index (χ1n) is 9.96. The van der Waals surface area contributed by atoms with E-state index in [0.717, 1.165) is 17.3 Å². The minimum atomic E-state index is -0.520. The fourth-order valence-corrected chi connectivity index (χ4v) is 3.93. The Kier molecular flexibility index (Phi) is 8.00. The molecule has 32 heavy (non-hydrogen) atoms. The standard InChI is InChI=1S/C23H22N4O4S/c1-31-22(30)17-8-9-18-19(14-17)26-23(32-15-20(28)25-12-5-11-24)27(21(18)29)13-10-16-6-3-2-4-7-16/h2-4,6-9,14H,5,10,12-13,15H2,1H3,(H,25,28). The molecule has 0 fully saturated rings. The number of aromatic nitrogens is 2. The van der Waals surface area contributed by atoms with Crippen LogP contribution in [0.2, 0.25) is 0 Å². The summed E-state index contributed by atoms with van der Waals surface area (Å²) in [6.07, 6.45) is 0.846. The van der Waals surface area contributed by atoms with E-state index in [-0.39, 0.29) is 30.2 Å². The minimum Gasteiger partial charge on any atom is -0.465 e. The average Bonchev–Trinajstić information content (AvgIpc) is 2.82. The number of esters is 1. The van der Waals surface area contributed by atoms with Gasteiger partial charge in [0.05, 0.1) is 41.8 Å². The number of fused-ring (bicyclic) bond motifs is 1. The van der Waals surface area contributed by atoms with E-state index in [1.165, 1.54) is 19.2 Å². The summed E-state index contributed by atoms with van der Waals surface area (Å²) in [6.45, 7) is 0.660. The Labute approximate surface area is 189 Å². The SMILES string of the molecule is COC(=O)c1ccc2c(=O)n(CCc3ccccc3)c(SCC(=O)NCCC#N)nc2c1. The van der Waals surface area contributed by atoms with Gasteiger partial charge in [-0.3, -0.25) is 14.2 Å². The van der Waals surface area contributed by atoms with Crippen LogP contribution in [0.15, 0.2) is 58.5 Å². The molecule has 1 aromatic heterocycles. The smallest absolute Gasteiger partial charge is 0.337 e. The Bertz CT molecular complexity index is 1220. The highest BCUT2D eigenvalue weighted by Crippen LogP contribution is 2.20. The van der Waals surface area contributed by atoms with Crippen LogP contribution < -0.4 is 10.9 Å². The topological polar surface area (TPSA) is 114 Å². The monoisotopic (exact) mass is 450 g/mol. The van der Waals surface area contributed by atoms with Crippen LogP contribution >= 0.6 is 11.8 Å². The van der Waals surface area contributed by atoms with Crippen LogP contribution in [-0.2, 0) is 22.5 Å². The molecule has 3 aromatic rings. The van der Waals surface area contributed by atoms with Crippen molar-refractivity contribution in [1.82, 2.24) is 14.9 Å². The fraction of sp³-hybridized carbons (Fsp3) is 0.261. The Balaban J connectivity index is 1.93. The van der Waals surface area contributed by atoms with Gasteiger partial charge in [0.1, 0.15) is 0 Å². The summed E-state index contributed by atoms with van der Waals surface area (Å²) >= 11 is 1.14. The molecule has 164 valence electrons. The molecule has 0 saturated carbocycles. The number of ether oxygens (including phenoxy) is 1. The lowest BCUT2D eigenvalue weighted by Gasteiger charge is -2.13. The molecule has 0 aliphatic heterocycles. The van der Waals surface area contributed by atoms with Crippen molar-refractivity contribution in [2.24, 2.45) is 0 Å². The molecular formula is C23H22N4O4S. The van der Waals surface area contributed by atoms with Crippen molar-refractivity contribution in [2.75, 3.05) is 19.4 Å². The summed E-state index contributed by atoms with van der Waals surface area (Å²) in [5.74, 6) is -0.726. The Morgan fingerprint density at radius 3 is 2.72 bits per heavy atom. The van der Waals surface area contributed by atoms with Crippen LogP contribution in [0, 0.1) is 11.3 Å². The lowest BCUT2D eigenvalue weighted by atomic mass is 10.1. The molecule has 1 amide bonds. The molecule has 8 nitrogen and oxygen atoms in total. The zero-order valence-electron chi connectivity index (χ0n) is 17.5. The van der Waals surface area contributed by atoms with Gasteiger partial charge >= 0.3 is 5.97 Å². The first-order valence-corrected chi connectivity index (χ1v) is 11.0. The van der Waals surface area contributed by atoms with Crippen molar-refractivity contribution in [3.05, 3.63) is 70.0 Å². The fourth-order valence-electron chi connectivity index (χ4n) is 3.08. The second kappa shape index (κ2) is 11.1. The molecule has 0 radical (unpaired) electrons. The molecule has 0 unspecified atom stereocenters. The molecule has 0 aliphatic rings. The highest BCUT2D eigenvalue weighted by atomic mass is 32.2. The molecule has 0 spiro atoms. The number of hydrogen-bond acceptors (Lipinski definition) is 7. The predicted octanol–water partition coefficient (Wildman–Crippen LogP) is 2.55. The van der Waals surface area contributed by atoms with Gasteiger partial charge in [0.15, 0.2) is 5.16 Å². The zero-order chi connectivity index (χ0) is 22.9. The van der Waals surface area contributed by atoms with Crippen LogP contribution in [0.4, 0.5) is 0 Å². The Morgan fingerprint density at radius 2 is 2.00 bits per heavy atom. The van der Waals surface area contributed by atoms with Crippen molar-refractivity contribution in [3.8, 4) is 6.07 Å². The summed E-state index contributed by atoms with van der Waals surface area (Å²) in [4.78, 5) is 41.8. The summed E-state index contributed by atoms with van der Waals surface area (Å²) < 4.78 is 6.31. The van der Waals surface area contributed by atoms with Gasteiger partial charge in [0.25, 0.3) is 5.56 Å². The number of aryl methyl sites for hydroxylation is 1. The van der Waals surface area contributed by atoms with E-state index in [1.807, 2.05) is 36.4 Å². The predicted molar refractivity (Wildman–Crippen MR) is 121 cm³/mol. The van der Waals surface area contributed by atoms with E-state index >= 15 is 0 Å². The number of rotatable bonds is 9. The molecule has 3 rings (SSSR count). The van der Waals surface area contributed by atoms with Gasteiger partial charge in [-0.25, -0.2) is 9.78 Å². The van der Waals surface area contributed by atoms with Crippen molar-refractivity contribution in [3.63, 3.8) is 0 Å². The maximum atomic E-state index is 13.2. The van der Waals surface area contributed by atoms with Gasteiger partial charge in [-0.05, 0) is 30.2 Å². The lowest BCUT2D eigenvalue weighted by molar-refractivity contribution is -0.118. The molecule has 2 aromatic carbocycles. The molecule has 0 bridgehead atoms. The number of methoxy groups -OCH3 is 1. The maximum Gasteiger partial charge on any atom is 0.337 e. The second-order valence-electron chi connectivity index (χ2n) is 6.86. The van der Waals surface area contributed by atoms with Gasteiger partial charge in [0, 0.05) is 13.1 Å². The number of carbonyl (C=O) groups excluding carboxylic acids is 2. The summed E-state index contributed by atoms with van der Waals surface area (Å²) in [7, 11) is 1.29. The van der Waals surface area contributed by atoms with Gasteiger partial charge in [-0.1, -0.05) is 42.1 Å². The number of nitriles is 1.